The summed E-state index contributed by atoms with van der Waals surface area (Å²) in [5, 5.41) is 9.85. The Hall–Kier alpha value is -4.64. The smallest absolute Gasteiger partial charge is 0.349 e. The average molecular weight is 487 g/mol. The van der Waals surface area contributed by atoms with Gasteiger partial charge in [-0.15, -0.1) is 0 Å². The Labute approximate surface area is 209 Å². The number of carbonyl (C=O) groups is 1. The largest absolute Gasteiger partial charge is 0.493 e. The lowest BCUT2D eigenvalue weighted by Crippen LogP contribution is -2.22. The number of carbonyl (C=O) groups excluding carboxylic acids is 1. The van der Waals surface area contributed by atoms with Gasteiger partial charge in [-0.05, 0) is 49.2 Å². The molecule has 36 heavy (non-hydrogen) atoms. The van der Waals surface area contributed by atoms with E-state index in [1.54, 1.807) is 31.4 Å². The molecule has 0 aromatic heterocycles. The fourth-order valence-electron chi connectivity index (χ4n) is 4.28. The van der Waals surface area contributed by atoms with Crippen LogP contribution in [0.1, 0.15) is 28.2 Å². The molecule has 0 fully saturated rings. The number of nitrogens with zero attached hydrogens (tertiary/aromatic N) is 1. The van der Waals surface area contributed by atoms with Gasteiger partial charge in [0.15, 0.2) is 18.1 Å². The van der Waals surface area contributed by atoms with Gasteiger partial charge in [0, 0.05) is 17.2 Å². The lowest BCUT2D eigenvalue weighted by Gasteiger charge is -2.28. The summed E-state index contributed by atoms with van der Waals surface area (Å²) in [4.78, 5) is 12.4. The van der Waals surface area contributed by atoms with Crippen molar-refractivity contribution in [3.8, 4) is 34.8 Å². The molecule has 0 bridgehead atoms. The van der Waals surface area contributed by atoms with Gasteiger partial charge in [-0.25, -0.2) is 4.79 Å². The number of hydrogen-bond acceptors (Lipinski definition) is 8. The molecule has 0 radical (unpaired) electrons. The van der Waals surface area contributed by atoms with Crippen LogP contribution in [-0.2, 0) is 4.79 Å². The molecule has 3 aromatic rings. The maximum atomic E-state index is 12.4. The lowest BCUT2D eigenvalue weighted by molar-refractivity contribution is -0.136. The van der Waals surface area contributed by atoms with Crippen molar-refractivity contribution in [2.45, 2.75) is 19.8 Å². The summed E-state index contributed by atoms with van der Waals surface area (Å²) in [6, 6.07) is 18.2. The molecular formula is C28H26N2O6. The second kappa shape index (κ2) is 10.3. The summed E-state index contributed by atoms with van der Waals surface area (Å²) < 4.78 is 27.8. The topological polar surface area (TPSA) is 113 Å². The molecule has 4 rings (SSSR count). The minimum Gasteiger partial charge on any atom is -0.493 e. The molecule has 1 aliphatic heterocycles. The van der Waals surface area contributed by atoms with Gasteiger partial charge in [0.25, 0.3) is 0 Å². The minimum absolute atomic E-state index is 0.0403. The first kappa shape index (κ1) is 24.5. The molecule has 0 amide bonds. The number of allylic oxidation sites excluding steroid dienone is 1. The number of aryl methyl sites for hydroxylation is 2. The third-order valence-electron chi connectivity index (χ3n) is 5.72. The predicted octanol–water partition coefficient (Wildman–Crippen LogP) is 4.52. The van der Waals surface area contributed by atoms with E-state index in [1.807, 2.05) is 44.2 Å². The van der Waals surface area contributed by atoms with Gasteiger partial charge in [0.1, 0.15) is 28.9 Å². The van der Waals surface area contributed by atoms with Gasteiger partial charge >= 0.3 is 5.97 Å². The van der Waals surface area contributed by atoms with E-state index in [9.17, 15) is 10.1 Å². The Balaban J connectivity index is 1.60. The van der Waals surface area contributed by atoms with Crippen molar-refractivity contribution in [3.63, 3.8) is 0 Å². The standard InChI is InChI=1S/C28H26N2O6/c1-16-10-17(2)12-19(11-16)34-15-25(31)35-18-8-9-20-24(13-18)36-28(30)22(14-29)26(20)21-6-5-7-23(32-3)27(21)33-4/h5-13,26H,15,30H2,1-4H3. The SMILES string of the molecule is COc1cccc(C2C(C#N)=C(N)Oc3cc(OC(=O)COc4cc(C)cc(C)c4)ccc32)c1OC. The molecule has 8 nitrogen and oxygen atoms in total. The first-order valence-corrected chi connectivity index (χ1v) is 11.2. The van der Waals surface area contributed by atoms with Gasteiger partial charge < -0.3 is 29.4 Å². The third-order valence-corrected chi connectivity index (χ3v) is 5.72. The number of esters is 1. The minimum atomic E-state index is -0.572. The maximum absolute atomic E-state index is 12.4. The van der Waals surface area contributed by atoms with Crippen LogP contribution in [0.25, 0.3) is 0 Å². The summed E-state index contributed by atoms with van der Waals surface area (Å²) >= 11 is 0. The molecule has 0 saturated heterocycles. The van der Waals surface area contributed by atoms with E-state index < -0.39 is 11.9 Å². The molecule has 1 unspecified atom stereocenters. The molecule has 184 valence electrons. The number of nitrogens with two attached hydrogens (primary N) is 1. The van der Waals surface area contributed by atoms with E-state index >= 15 is 0 Å². The van der Waals surface area contributed by atoms with Crippen molar-refractivity contribution in [1.82, 2.24) is 0 Å². The van der Waals surface area contributed by atoms with E-state index in [4.69, 9.17) is 29.4 Å². The van der Waals surface area contributed by atoms with Gasteiger partial charge in [0.2, 0.25) is 5.88 Å². The van der Waals surface area contributed by atoms with Crippen LogP contribution in [-0.4, -0.2) is 26.8 Å². The van der Waals surface area contributed by atoms with Crippen LogP contribution in [0.4, 0.5) is 0 Å². The molecular weight excluding hydrogens is 460 g/mol. The van der Waals surface area contributed by atoms with Crippen molar-refractivity contribution >= 4 is 5.97 Å². The molecule has 1 heterocycles. The zero-order valence-corrected chi connectivity index (χ0v) is 20.5. The van der Waals surface area contributed by atoms with Crippen LogP contribution in [0.3, 0.4) is 0 Å². The Kier molecular flexibility index (Phi) is 7.02. The molecule has 1 aliphatic rings. The number of ether oxygens (including phenoxy) is 5. The maximum Gasteiger partial charge on any atom is 0.349 e. The first-order valence-electron chi connectivity index (χ1n) is 11.2. The lowest BCUT2D eigenvalue weighted by atomic mass is 9.83. The van der Waals surface area contributed by atoms with Crippen LogP contribution in [0.5, 0.6) is 28.7 Å². The van der Waals surface area contributed by atoms with E-state index in [1.165, 1.54) is 7.11 Å². The normalized spacial score (nSPS) is 14.2. The van der Waals surface area contributed by atoms with Crippen LogP contribution < -0.4 is 29.4 Å². The summed E-state index contributed by atoms with van der Waals surface area (Å²) in [6.45, 7) is 3.65. The van der Waals surface area contributed by atoms with Gasteiger partial charge in [-0.1, -0.05) is 24.3 Å². The monoisotopic (exact) mass is 486 g/mol. The summed E-state index contributed by atoms with van der Waals surface area (Å²) in [5.41, 5.74) is 9.78. The Morgan fingerprint density at radius 2 is 1.75 bits per heavy atom. The molecule has 3 aromatic carbocycles. The quantitative estimate of drug-likeness (QED) is 0.383. The Bertz CT molecular complexity index is 1370. The van der Waals surface area contributed by atoms with Crippen molar-refractivity contribution in [3.05, 3.63) is 88.3 Å². The molecule has 8 heteroatoms. The van der Waals surface area contributed by atoms with E-state index in [0.29, 0.717) is 34.1 Å². The number of methoxy groups -OCH3 is 2. The van der Waals surface area contributed by atoms with Crippen molar-refractivity contribution in [2.24, 2.45) is 5.73 Å². The first-order chi connectivity index (χ1) is 17.3. The zero-order chi connectivity index (χ0) is 25.8. The molecule has 0 saturated carbocycles. The van der Waals surface area contributed by atoms with E-state index in [-0.39, 0.29) is 23.8 Å². The van der Waals surface area contributed by atoms with Gasteiger partial charge in [-0.3, -0.25) is 0 Å². The number of rotatable bonds is 7. The number of nitriles is 1. The second-order valence-electron chi connectivity index (χ2n) is 8.29. The number of fused-ring (bicyclic) bond motifs is 1. The number of benzene rings is 3. The number of para-hydroxylation sites is 1. The number of hydrogen-bond donors (Lipinski definition) is 1. The van der Waals surface area contributed by atoms with Crippen LogP contribution in [0.15, 0.2) is 66.1 Å². The van der Waals surface area contributed by atoms with Crippen molar-refractivity contribution in [1.29, 1.82) is 5.26 Å². The average Bonchev–Trinajstić information content (AvgIpc) is 2.85. The van der Waals surface area contributed by atoms with Crippen LogP contribution in [0, 0.1) is 25.2 Å². The Morgan fingerprint density at radius 3 is 2.42 bits per heavy atom. The van der Waals surface area contributed by atoms with Crippen molar-refractivity contribution in [2.75, 3.05) is 20.8 Å². The van der Waals surface area contributed by atoms with Crippen LogP contribution >= 0.6 is 0 Å². The molecule has 1 atom stereocenters. The fourth-order valence-corrected chi connectivity index (χ4v) is 4.28. The highest BCUT2D eigenvalue weighted by atomic mass is 16.6. The summed E-state index contributed by atoms with van der Waals surface area (Å²) in [5.74, 6) is 1.04. The van der Waals surface area contributed by atoms with Crippen LogP contribution in [0.2, 0.25) is 0 Å². The summed E-state index contributed by atoms with van der Waals surface area (Å²) in [6.07, 6.45) is 0. The third kappa shape index (κ3) is 4.91. The van der Waals surface area contributed by atoms with Gasteiger partial charge in [0.05, 0.1) is 20.1 Å². The van der Waals surface area contributed by atoms with E-state index in [0.717, 1.165) is 11.1 Å². The summed E-state index contributed by atoms with van der Waals surface area (Å²) in [7, 11) is 3.07. The Morgan fingerprint density at radius 1 is 1.00 bits per heavy atom. The van der Waals surface area contributed by atoms with Crippen molar-refractivity contribution < 1.29 is 28.5 Å². The predicted molar refractivity (Wildman–Crippen MR) is 132 cm³/mol. The highest BCUT2D eigenvalue weighted by molar-refractivity contribution is 5.74. The highest BCUT2D eigenvalue weighted by Crippen LogP contribution is 2.47. The molecule has 2 N–H and O–H groups in total. The second-order valence-corrected chi connectivity index (χ2v) is 8.29. The van der Waals surface area contributed by atoms with Gasteiger partial charge in [-0.2, -0.15) is 5.26 Å². The fraction of sp³-hybridized carbons (Fsp3) is 0.214. The van der Waals surface area contributed by atoms with E-state index in [2.05, 4.69) is 6.07 Å². The highest BCUT2D eigenvalue weighted by Gasteiger charge is 2.33. The molecule has 0 aliphatic carbocycles. The molecule has 0 spiro atoms. The zero-order valence-electron chi connectivity index (χ0n) is 20.5.